The molecule has 0 saturated carbocycles. The van der Waals surface area contributed by atoms with Gasteiger partial charge in [-0.1, -0.05) is 62.6 Å². The molecule has 4 aromatic rings. The highest BCUT2D eigenvalue weighted by molar-refractivity contribution is 6.17. The van der Waals surface area contributed by atoms with Crippen LogP contribution in [0.25, 0.3) is 17.2 Å². The van der Waals surface area contributed by atoms with Crippen molar-refractivity contribution in [1.29, 1.82) is 0 Å². The fourth-order valence-electron chi connectivity index (χ4n) is 8.07. The van der Waals surface area contributed by atoms with E-state index in [9.17, 15) is 29.1 Å². The van der Waals surface area contributed by atoms with E-state index in [4.69, 9.17) is 4.42 Å². The van der Waals surface area contributed by atoms with Crippen molar-refractivity contribution in [2.45, 2.75) is 123 Å². The number of aromatic nitrogens is 4. The molecule has 3 heterocycles. The number of fused-ring (bicyclic) bond motifs is 1. The number of unbranched alkanes of at least 4 members (excludes halogenated alkanes) is 5. The number of rotatable bonds is 30. The van der Waals surface area contributed by atoms with Crippen molar-refractivity contribution in [3.8, 4) is 11.5 Å². The molecule has 2 aromatic heterocycles. The van der Waals surface area contributed by atoms with Crippen LogP contribution in [0.15, 0.2) is 59.1 Å². The van der Waals surface area contributed by atoms with Gasteiger partial charge in [-0.05, 0) is 103 Å². The molecule has 0 saturated heterocycles. The third-order valence-electron chi connectivity index (χ3n) is 11.5. The molecular formula is C49H65N9O7. The van der Waals surface area contributed by atoms with Crippen LogP contribution in [-0.2, 0) is 25.6 Å². The molecule has 2 aromatic carbocycles. The number of benzene rings is 2. The van der Waals surface area contributed by atoms with Crippen LogP contribution in [0.3, 0.4) is 0 Å². The lowest BCUT2D eigenvalue weighted by Gasteiger charge is -2.25. The van der Waals surface area contributed by atoms with Crippen molar-refractivity contribution in [3.63, 3.8) is 0 Å². The third kappa shape index (κ3) is 14.7. The summed E-state index contributed by atoms with van der Waals surface area (Å²) in [6.45, 7) is 10.7. The lowest BCUT2D eigenvalue weighted by Crippen LogP contribution is -2.40. The van der Waals surface area contributed by atoms with E-state index in [2.05, 4.69) is 47.9 Å². The van der Waals surface area contributed by atoms with Crippen molar-refractivity contribution in [2.75, 3.05) is 50.0 Å². The highest BCUT2D eigenvalue weighted by atomic mass is 16.4. The van der Waals surface area contributed by atoms with Gasteiger partial charge in [0.15, 0.2) is 11.7 Å². The topological polar surface area (TPSA) is 213 Å². The molecule has 0 bridgehead atoms. The zero-order valence-electron chi connectivity index (χ0n) is 38.4. The molecule has 1 aliphatic heterocycles. The van der Waals surface area contributed by atoms with Crippen molar-refractivity contribution >= 4 is 46.5 Å². The first-order valence-electron chi connectivity index (χ1n) is 23.1. The van der Waals surface area contributed by atoms with Crippen LogP contribution in [-0.4, -0.2) is 110 Å². The zero-order chi connectivity index (χ0) is 46.6. The van der Waals surface area contributed by atoms with Gasteiger partial charge in [0.25, 0.3) is 11.8 Å². The normalized spacial score (nSPS) is 13.1. The summed E-state index contributed by atoms with van der Waals surface area (Å²) >= 11 is 0. The van der Waals surface area contributed by atoms with Gasteiger partial charge in [0.1, 0.15) is 23.1 Å². The number of hydrogen-bond acceptors (Lipinski definition) is 14. The fourth-order valence-corrected chi connectivity index (χ4v) is 8.07. The third-order valence-corrected chi connectivity index (χ3v) is 11.5. The molecule has 2 atom stereocenters. The Hall–Kier alpha value is -6.09. The van der Waals surface area contributed by atoms with Gasteiger partial charge < -0.3 is 35.2 Å². The molecule has 348 valence electrons. The van der Waals surface area contributed by atoms with Gasteiger partial charge in [-0.2, -0.15) is 0 Å². The summed E-state index contributed by atoms with van der Waals surface area (Å²) < 4.78 is 6.06. The summed E-state index contributed by atoms with van der Waals surface area (Å²) in [6.07, 6.45) is 11.4. The van der Waals surface area contributed by atoms with E-state index in [1.54, 1.807) is 25.3 Å². The lowest BCUT2D eigenvalue weighted by atomic mass is 10.0. The molecule has 16 nitrogen and oxygen atoms in total. The van der Waals surface area contributed by atoms with Gasteiger partial charge in [-0.25, -0.2) is 14.8 Å². The molecule has 16 heteroatoms. The van der Waals surface area contributed by atoms with Crippen molar-refractivity contribution < 1.29 is 33.5 Å². The summed E-state index contributed by atoms with van der Waals surface area (Å²) in [5.74, 6) is 3.11. The van der Waals surface area contributed by atoms with Gasteiger partial charge in [-0.15, -0.1) is 10.2 Å². The maximum atomic E-state index is 13.3. The summed E-state index contributed by atoms with van der Waals surface area (Å²) in [6, 6.07) is 13.6. The van der Waals surface area contributed by atoms with Crippen molar-refractivity contribution in [3.05, 3.63) is 83.1 Å². The Kier molecular flexibility index (Phi) is 20.0. The quantitative estimate of drug-likeness (QED) is 0.0309. The van der Waals surface area contributed by atoms with Crippen LogP contribution < -0.4 is 16.0 Å². The number of aliphatic hydroxyl groups excluding tert-OH is 1. The Morgan fingerprint density at radius 1 is 0.877 bits per heavy atom. The summed E-state index contributed by atoms with van der Waals surface area (Å²) in [5, 5.41) is 28.4. The minimum Gasteiger partial charge on any atom is -0.421 e. The first-order valence-corrected chi connectivity index (χ1v) is 23.1. The van der Waals surface area contributed by atoms with E-state index in [0.717, 1.165) is 83.0 Å². The molecule has 1 aliphatic rings. The number of Topliss-reactive ketones (excluding diaryl/α,β-unsaturated/α-hetero) is 2. The summed E-state index contributed by atoms with van der Waals surface area (Å²) in [7, 11) is 0. The predicted molar refractivity (Wildman–Crippen MR) is 250 cm³/mol. The lowest BCUT2D eigenvalue weighted by molar-refractivity contribution is -0.122. The monoisotopic (exact) mass is 892 g/mol. The zero-order valence-corrected chi connectivity index (χ0v) is 38.4. The predicted octanol–water partition coefficient (Wildman–Crippen LogP) is 6.93. The second kappa shape index (κ2) is 26.0. The first-order chi connectivity index (χ1) is 31.5. The summed E-state index contributed by atoms with van der Waals surface area (Å²) in [5.41, 5.74) is 2.95. The minimum atomic E-state index is -0.909. The number of nitrogens with zero attached hydrogens (tertiary/aromatic N) is 6. The van der Waals surface area contributed by atoms with Gasteiger partial charge in [-0.3, -0.25) is 19.3 Å². The Labute approximate surface area is 382 Å². The highest BCUT2D eigenvalue weighted by Gasteiger charge is 2.41. The molecule has 2 amide bonds. The number of amides is 2. The molecule has 4 N–H and O–H groups in total. The van der Waals surface area contributed by atoms with Crippen LogP contribution in [0.5, 0.6) is 0 Å². The molecule has 5 rings (SSSR count). The second-order valence-electron chi connectivity index (χ2n) is 16.6. The number of aryl methyl sites for hydroxylation is 2. The molecule has 0 aliphatic carbocycles. The van der Waals surface area contributed by atoms with E-state index in [1.165, 1.54) is 18.7 Å². The molecule has 0 spiro atoms. The average Bonchev–Trinajstić information content (AvgIpc) is 3.88. The Balaban J connectivity index is 0.941. The number of aliphatic hydroxyl groups is 1. The van der Waals surface area contributed by atoms with Crippen LogP contribution in [0, 0.1) is 6.92 Å². The van der Waals surface area contributed by atoms with Gasteiger partial charge in [0, 0.05) is 49.8 Å². The van der Waals surface area contributed by atoms with Crippen molar-refractivity contribution in [1.82, 2.24) is 35.3 Å². The van der Waals surface area contributed by atoms with Crippen LogP contribution in [0.2, 0.25) is 0 Å². The van der Waals surface area contributed by atoms with E-state index in [1.807, 2.05) is 42.3 Å². The van der Waals surface area contributed by atoms with Gasteiger partial charge in [0.2, 0.25) is 11.8 Å². The highest BCUT2D eigenvalue weighted by Crippen LogP contribution is 2.39. The number of nitrogens with one attached hydrogen (secondary N) is 3. The maximum absolute atomic E-state index is 13.3. The van der Waals surface area contributed by atoms with E-state index in [0.29, 0.717) is 71.7 Å². The number of carbonyl (C=O) groups is 4. The molecular weight excluding hydrogens is 827 g/mol. The van der Waals surface area contributed by atoms with Gasteiger partial charge in [0.05, 0.1) is 29.8 Å². The fraction of sp³-hybridized carbons (Fsp3) is 0.510. The van der Waals surface area contributed by atoms with Crippen LogP contribution >= 0.6 is 0 Å². The maximum Gasteiger partial charge on any atom is 0.260 e. The molecule has 0 radical (unpaired) electrons. The smallest absolute Gasteiger partial charge is 0.260 e. The first kappa shape index (κ1) is 49.9. The minimum absolute atomic E-state index is 0.0264. The number of carbonyl (C=O) groups excluding carboxylic acids is 5. The number of anilines is 2. The van der Waals surface area contributed by atoms with Crippen molar-refractivity contribution in [2.24, 2.45) is 0 Å². The number of ketones is 2. The standard InChI is InChI=1S/C49H65N9O7/c1-5-28-57(30-17-23-45-55-56-48(65-45)39-31-52-36(4)53-47(39)54-41(32-59)37-18-10-9-11-19-37)29-15-12-22-44(63)51-27-14-8-6-7-13-26-50-40-21-16-20-38-46(40)43(33-60)58(49(38)64)42(35(3)62)25-24-34(2)61/h9-11,16,18-21,31,41-42,50,59H,5-8,12-15,17,22-30,32H2,1-4H3,(H,51,63)(H,52,53,54)/t41-,42?/m1/s1. The van der Waals surface area contributed by atoms with E-state index < -0.39 is 11.9 Å². The van der Waals surface area contributed by atoms with E-state index in [-0.39, 0.29) is 48.7 Å². The molecule has 1 unspecified atom stereocenters. The molecule has 65 heavy (non-hydrogen) atoms. The molecule has 0 fully saturated rings. The largest absolute Gasteiger partial charge is 0.421 e. The Bertz CT molecular complexity index is 2240. The van der Waals surface area contributed by atoms with Gasteiger partial charge >= 0.3 is 0 Å². The summed E-state index contributed by atoms with van der Waals surface area (Å²) in [4.78, 5) is 74.7. The van der Waals surface area contributed by atoms with Crippen LogP contribution in [0.1, 0.15) is 137 Å². The number of hydrogen-bond donors (Lipinski definition) is 4. The van der Waals surface area contributed by atoms with E-state index >= 15 is 0 Å². The SMILES string of the molecule is CCCN(CCCCC(=O)NCCCCCCCNc1cccc2c1C(=C=O)N(C(CCC(C)=O)C(C)=O)C2=O)CCCc1nnc(-c2cnc(C)nc2N[C@H](CO)c2ccccc2)o1. The Morgan fingerprint density at radius 2 is 1.63 bits per heavy atom. The second-order valence-corrected chi connectivity index (χ2v) is 16.6. The average molecular weight is 892 g/mol. The Morgan fingerprint density at radius 3 is 2.35 bits per heavy atom. The van der Waals surface area contributed by atoms with Crippen LogP contribution in [0.4, 0.5) is 11.5 Å².